The van der Waals surface area contributed by atoms with Gasteiger partial charge in [0.25, 0.3) is 0 Å². The first-order valence-corrected chi connectivity index (χ1v) is 6.02. The Kier molecular flexibility index (Phi) is 3.95. The van der Waals surface area contributed by atoms with Crippen molar-refractivity contribution in [3.63, 3.8) is 0 Å². The van der Waals surface area contributed by atoms with Crippen LogP contribution >= 0.6 is 0 Å². The van der Waals surface area contributed by atoms with Gasteiger partial charge in [-0.3, -0.25) is 4.79 Å². The lowest BCUT2D eigenvalue weighted by Crippen LogP contribution is -2.05. The van der Waals surface area contributed by atoms with E-state index in [9.17, 15) is 9.18 Å². The molecule has 0 heterocycles. The first-order valence-electron chi connectivity index (χ1n) is 6.02. The molecular formula is C16H15FO2. The Labute approximate surface area is 111 Å². The molecule has 3 heteroatoms. The number of carbonyl (C=O) groups is 1. The molecular weight excluding hydrogens is 243 g/mol. The summed E-state index contributed by atoms with van der Waals surface area (Å²) in [5, 5.41) is 0. The van der Waals surface area contributed by atoms with Gasteiger partial charge in [0.2, 0.25) is 0 Å². The molecule has 0 aliphatic rings. The Morgan fingerprint density at radius 3 is 2.47 bits per heavy atom. The van der Waals surface area contributed by atoms with Crippen molar-refractivity contribution in [2.24, 2.45) is 0 Å². The fourth-order valence-electron chi connectivity index (χ4n) is 1.88. The molecule has 0 N–H and O–H groups in total. The zero-order valence-electron chi connectivity index (χ0n) is 10.9. The SMILES string of the molecule is COc1ccc(C(=O)Cc2cc(F)ccc2C)cc1. The van der Waals surface area contributed by atoms with Crippen LogP contribution in [0.2, 0.25) is 0 Å². The highest BCUT2D eigenvalue weighted by Crippen LogP contribution is 2.16. The lowest BCUT2D eigenvalue weighted by atomic mass is 9.99. The van der Waals surface area contributed by atoms with Gasteiger partial charge in [-0.25, -0.2) is 4.39 Å². The molecule has 0 aliphatic carbocycles. The summed E-state index contributed by atoms with van der Waals surface area (Å²) < 4.78 is 18.2. The van der Waals surface area contributed by atoms with E-state index in [0.717, 1.165) is 11.1 Å². The molecule has 2 aromatic rings. The van der Waals surface area contributed by atoms with E-state index >= 15 is 0 Å². The van der Waals surface area contributed by atoms with E-state index in [1.807, 2.05) is 6.92 Å². The van der Waals surface area contributed by atoms with Gasteiger partial charge >= 0.3 is 0 Å². The van der Waals surface area contributed by atoms with E-state index in [1.165, 1.54) is 12.1 Å². The smallest absolute Gasteiger partial charge is 0.167 e. The molecule has 98 valence electrons. The largest absolute Gasteiger partial charge is 0.497 e. The van der Waals surface area contributed by atoms with Gasteiger partial charge in [-0.05, 0) is 54.4 Å². The number of rotatable bonds is 4. The van der Waals surface area contributed by atoms with Gasteiger partial charge in [0.1, 0.15) is 11.6 Å². The van der Waals surface area contributed by atoms with Crippen molar-refractivity contribution in [2.45, 2.75) is 13.3 Å². The van der Waals surface area contributed by atoms with Crippen LogP contribution in [-0.4, -0.2) is 12.9 Å². The molecule has 2 nitrogen and oxygen atoms in total. The second-order valence-electron chi connectivity index (χ2n) is 4.40. The molecule has 0 aliphatic heterocycles. The highest BCUT2D eigenvalue weighted by molar-refractivity contribution is 5.97. The predicted molar refractivity (Wildman–Crippen MR) is 72.2 cm³/mol. The summed E-state index contributed by atoms with van der Waals surface area (Å²) in [6, 6.07) is 11.4. The minimum atomic E-state index is -0.317. The normalized spacial score (nSPS) is 10.3. The highest BCUT2D eigenvalue weighted by Gasteiger charge is 2.09. The third-order valence-electron chi connectivity index (χ3n) is 3.07. The third-order valence-corrected chi connectivity index (χ3v) is 3.07. The second-order valence-corrected chi connectivity index (χ2v) is 4.40. The molecule has 2 rings (SSSR count). The highest BCUT2D eigenvalue weighted by atomic mass is 19.1. The summed E-state index contributed by atoms with van der Waals surface area (Å²) in [6.45, 7) is 1.87. The average Bonchev–Trinajstić information content (AvgIpc) is 2.43. The van der Waals surface area contributed by atoms with Gasteiger partial charge in [0, 0.05) is 12.0 Å². The van der Waals surface area contributed by atoms with Gasteiger partial charge in [-0.15, -0.1) is 0 Å². The molecule has 19 heavy (non-hydrogen) atoms. The quantitative estimate of drug-likeness (QED) is 0.784. The number of ketones is 1. The van der Waals surface area contributed by atoms with E-state index < -0.39 is 0 Å². The van der Waals surface area contributed by atoms with Crippen molar-refractivity contribution in [3.05, 3.63) is 65.0 Å². The van der Waals surface area contributed by atoms with E-state index in [4.69, 9.17) is 4.74 Å². The number of hydrogen-bond acceptors (Lipinski definition) is 2. The van der Waals surface area contributed by atoms with Gasteiger partial charge in [-0.1, -0.05) is 6.07 Å². The topological polar surface area (TPSA) is 26.3 Å². The molecule has 0 fully saturated rings. The number of benzene rings is 2. The maximum absolute atomic E-state index is 13.2. The van der Waals surface area contributed by atoms with Crippen molar-refractivity contribution < 1.29 is 13.9 Å². The number of methoxy groups -OCH3 is 1. The third kappa shape index (κ3) is 3.19. The fraction of sp³-hybridized carbons (Fsp3) is 0.188. The summed E-state index contributed by atoms with van der Waals surface area (Å²) in [7, 11) is 1.58. The lowest BCUT2D eigenvalue weighted by Gasteiger charge is -2.06. The summed E-state index contributed by atoms with van der Waals surface area (Å²) in [5.41, 5.74) is 2.24. The molecule has 2 aromatic carbocycles. The molecule has 0 aromatic heterocycles. The van der Waals surface area contributed by atoms with Crippen LogP contribution in [0.5, 0.6) is 5.75 Å². The van der Waals surface area contributed by atoms with Crippen LogP contribution < -0.4 is 4.74 Å². The Morgan fingerprint density at radius 1 is 1.16 bits per heavy atom. The molecule has 0 bridgehead atoms. The number of aryl methyl sites for hydroxylation is 1. The molecule has 0 unspecified atom stereocenters. The average molecular weight is 258 g/mol. The Hall–Kier alpha value is -2.16. The van der Waals surface area contributed by atoms with E-state index in [1.54, 1.807) is 37.4 Å². The number of hydrogen-bond donors (Lipinski definition) is 0. The van der Waals surface area contributed by atoms with E-state index in [0.29, 0.717) is 11.3 Å². The molecule has 0 atom stereocenters. The second kappa shape index (κ2) is 5.65. The Balaban J connectivity index is 2.18. The summed E-state index contributed by atoms with van der Waals surface area (Å²) in [4.78, 5) is 12.1. The van der Waals surface area contributed by atoms with Crippen molar-refractivity contribution >= 4 is 5.78 Å². The van der Waals surface area contributed by atoms with Crippen LogP contribution in [0, 0.1) is 12.7 Å². The monoisotopic (exact) mass is 258 g/mol. The first kappa shape index (κ1) is 13.3. The van der Waals surface area contributed by atoms with Crippen molar-refractivity contribution in [3.8, 4) is 5.75 Å². The molecule has 0 amide bonds. The molecule has 0 saturated heterocycles. The standard InChI is InChI=1S/C16H15FO2/c1-11-3-6-14(17)9-13(11)10-16(18)12-4-7-15(19-2)8-5-12/h3-9H,10H2,1-2H3. The minimum absolute atomic E-state index is 0.0312. The van der Waals surface area contributed by atoms with Crippen molar-refractivity contribution in [1.29, 1.82) is 0 Å². The summed E-state index contributed by atoms with van der Waals surface area (Å²) in [5.74, 6) is 0.359. The molecule has 0 spiro atoms. The lowest BCUT2D eigenvalue weighted by molar-refractivity contribution is 0.0992. The van der Waals surface area contributed by atoms with Gasteiger partial charge in [0.15, 0.2) is 5.78 Å². The van der Waals surface area contributed by atoms with Crippen LogP contribution in [-0.2, 0) is 6.42 Å². The van der Waals surface area contributed by atoms with Crippen LogP contribution in [0.1, 0.15) is 21.5 Å². The Bertz CT molecular complexity index is 588. The van der Waals surface area contributed by atoms with Crippen LogP contribution in [0.15, 0.2) is 42.5 Å². The minimum Gasteiger partial charge on any atom is -0.497 e. The number of halogens is 1. The van der Waals surface area contributed by atoms with Gasteiger partial charge in [0.05, 0.1) is 7.11 Å². The van der Waals surface area contributed by atoms with Crippen molar-refractivity contribution in [1.82, 2.24) is 0 Å². The van der Waals surface area contributed by atoms with E-state index in [-0.39, 0.29) is 18.0 Å². The van der Waals surface area contributed by atoms with Crippen LogP contribution in [0.25, 0.3) is 0 Å². The summed E-state index contributed by atoms with van der Waals surface area (Å²) >= 11 is 0. The van der Waals surface area contributed by atoms with Gasteiger partial charge < -0.3 is 4.74 Å². The van der Waals surface area contributed by atoms with E-state index in [2.05, 4.69) is 0 Å². The molecule has 0 radical (unpaired) electrons. The zero-order valence-corrected chi connectivity index (χ0v) is 10.9. The molecule has 0 saturated carbocycles. The van der Waals surface area contributed by atoms with Crippen LogP contribution in [0.3, 0.4) is 0 Å². The van der Waals surface area contributed by atoms with Gasteiger partial charge in [-0.2, -0.15) is 0 Å². The predicted octanol–water partition coefficient (Wildman–Crippen LogP) is 3.57. The number of Topliss-reactive ketones (excluding diaryl/α,β-unsaturated/α-hetero) is 1. The number of ether oxygens (including phenoxy) is 1. The first-order chi connectivity index (χ1) is 9.10. The summed E-state index contributed by atoms with van der Waals surface area (Å²) in [6.07, 6.45) is 0.204. The van der Waals surface area contributed by atoms with Crippen LogP contribution in [0.4, 0.5) is 4.39 Å². The maximum Gasteiger partial charge on any atom is 0.167 e. The maximum atomic E-state index is 13.2. The van der Waals surface area contributed by atoms with Crippen molar-refractivity contribution in [2.75, 3.05) is 7.11 Å². The Morgan fingerprint density at radius 2 is 1.84 bits per heavy atom. The zero-order chi connectivity index (χ0) is 13.8. The fourth-order valence-corrected chi connectivity index (χ4v) is 1.88. The number of carbonyl (C=O) groups excluding carboxylic acids is 1.